The molecule has 24 heavy (non-hydrogen) atoms. The molecule has 0 saturated heterocycles. The molecule has 0 heterocycles. The van der Waals surface area contributed by atoms with Crippen molar-refractivity contribution in [2.45, 2.75) is 0 Å². The summed E-state index contributed by atoms with van der Waals surface area (Å²) in [4.78, 5) is 36.2. The summed E-state index contributed by atoms with van der Waals surface area (Å²) in [5.41, 5.74) is 0.989. The molecule has 0 aliphatic heterocycles. The summed E-state index contributed by atoms with van der Waals surface area (Å²) in [6.45, 7) is 0. The van der Waals surface area contributed by atoms with E-state index in [4.69, 9.17) is 9.84 Å². The van der Waals surface area contributed by atoms with Crippen molar-refractivity contribution in [3.8, 4) is 0 Å². The summed E-state index contributed by atoms with van der Waals surface area (Å²) in [6, 6.07) is 12.4. The van der Waals surface area contributed by atoms with Crippen LogP contribution >= 0.6 is 0 Å². The third-order valence-corrected chi connectivity index (χ3v) is 3.66. The monoisotopic (exact) mass is 323 g/mol. The number of fused-ring (bicyclic) bond motifs is 1. The first-order valence-corrected chi connectivity index (χ1v) is 7.10. The maximum Gasteiger partial charge on any atom is 0.335 e. The molecule has 0 aromatic heterocycles. The number of hydrogen-bond donors (Lipinski definition) is 2. The lowest BCUT2D eigenvalue weighted by Crippen LogP contribution is -2.27. The van der Waals surface area contributed by atoms with Crippen LogP contribution in [0.2, 0.25) is 0 Å². The Labute approximate surface area is 137 Å². The number of benzene rings is 2. The van der Waals surface area contributed by atoms with Crippen molar-refractivity contribution in [1.82, 2.24) is 0 Å². The van der Waals surface area contributed by atoms with Gasteiger partial charge in [0.1, 0.15) is 5.70 Å². The van der Waals surface area contributed by atoms with Crippen LogP contribution in [-0.4, -0.2) is 29.8 Å². The van der Waals surface area contributed by atoms with Crippen LogP contribution in [0, 0.1) is 0 Å². The summed E-state index contributed by atoms with van der Waals surface area (Å²) >= 11 is 0. The smallest absolute Gasteiger partial charge is 0.335 e. The maximum atomic E-state index is 12.7. The lowest BCUT2D eigenvalue weighted by Gasteiger charge is -2.21. The van der Waals surface area contributed by atoms with Gasteiger partial charge in [-0.25, -0.2) is 4.79 Å². The first-order valence-electron chi connectivity index (χ1n) is 7.10. The number of aromatic carboxylic acids is 1. The van der Waals surface area contributed by atoms with Crippen LogP contribution in [0.4, 0.5) is 5.69 Å². The predicted molar refractivity (Wildman–Crippen MR) is 86.2 cm³/mol. The van der Waals surface area contributed by atoms with E-state index in [9.17, 15) is 14.4 Å². The maximum absolute atomic E-state index is 12.7. The zero-order chi connectivity index (χ0) is 17.3. The van der Waals surface area contributed by atoms with Gasteiger partial charge in [-0.3, -0.25) is 9.59 Å². The Morgan fingerprint density at radius 1 is 1.00 bits per heavy atom. The van der Waals surface area contributed by atoms with E-state index >= 15 is 0 Å². The van der Waals surface area contributed by atoms with Crippen LogP contribution in [0.15, 0.2) is 60.0 Å². The third-order valence-electron chi connectivity index (χ3n) is 3.66. The zero-order valence-corrected chi connectivity index (χ0v) is 12.7. The largest absolute Gasteiger partial charge is 0.491 e. The summed E-state index contributed by atoms with van der Waals surface area (Å²) in [6.07, 6.45) is 0. The molecule has 0 unspecified atom stereocenters. The molecule has 0 amide bonds. The number of allylic oxidation sites excluding steroid dienone is 2. The van der Waals surface area contributed by atoms with Gasteiger partial charge in [-0.05, 0) is 18.2 Å². The van der Waals surface area contributed by atoms with Gasteiger partial charge in [-0.2, -0.15) is 0 Å². The molecular weight excluding hydrogens is 310 g/mol. The topological polar surface area (TPSA) is 92.7 Å². The van der Waals surface area contributed by atoms with Gasteiger partial charge < -0.3 is 15.2 Å². The molecular formula is C18H13NO5. The number of carbonyl (C=O) groups excluding carboxylic acids is 2. The lowest BCUT2D eigenvalue weighted by atomic mass is 9.91. The highest BCUT2D eigenvalue weighted by molar-refractivity contribution is 6.27. The highest BCUT2D eigenvalue weighted by atomic mass is 16.5. The Bertz CT molecular complexity index is 898. The fourth-order valence-electron chi connectivity index (χ4n) is 2.54. The molecule has 0 saturated carbocycles. The first-order chi connectivity index (χ1) is 11.5. The van der Waals surface area contributed by atoms with Gasteiger partial charge in [0, 0.05) is 16.8 Å². The predicted octanol–water partition coefficient (Wildman–Crippen LogP) is 2.73. The van der Waals surface area contributed by atoms with Crippen molar-refractivity contribution in [1.29, 1.82) is 0 Å². The Hall–Kier alpha value is -3.41. The SMILES string of the molecule is COC1=C(Nc2cccc(C(=O)O)c2)C(=O)c2ccccc2C1=O. The second-order valence-corrected chi connectivity index (χ2v) is 5.12. The molecule has 6 nitrogen and oxygen atoms in total. The Morgan fingerprint density at radius 3 is 2.29 bits per heavy atom. The van der Waals surface area contributed by atoms with Crippen LogP contribution in [-0.2, 0) is 4.74 Å². The molecule has 2 N–H and O–H groups in total. The van der Waals surface area contributed by atoms with Crippen molar-refractivity contribution in [3.05, 3.63) is 76.7 Å². The van der Waals surface area contributed by atoms with Crippen molar-refractivity contribution in [2.24, 2.45) is 0 Å². The number of carboxylic acids is 1. The zero-order valence-electron chi connectivity index (χ0n) is 12.7. The van der Waals surface area contributed by atoms with Gasteiger partial charge in [-0.1, -0.05) is 30.3 Å². The number of carbonyl (C=O) groups is 3. The average Bonchev–Trinajstić information content (AvgIpc) is 2.60. The number of nitrogens with one attached hydrogen (secondary N) is 1. The second kappa shape index (κ2) is 6.00. The van der Waals surface area contributed by atoms with Crippen molar-refractivity contribution >= 4 is 23.2 Å². The highest BCUT2D eigenvalue weighted by Crippen LogP contribution is 2.28. The number of Topliss-reactive ketones (excluding diaryl/α,β-unsaturated/α-hetero) is 2. The van der Waals surface area contributed by atoms with E-state index in [1.807, 2.05) is 0 Å². The van der Waals surface area contributed by atoms with E-state index in [2.05, 4.69) is 5.32 Å². The third kappa shape index (κ3) is 2.54. The van der Waals surface area contributed by atoms with E-state index in [0.717, 1.165) is 0 Å². The number of carboxylic acid groups (broad SMARTS) is 1. The molecule has 0 radical (unpaired) electrons. The summed E-state index contributed by atoms with van der Waals surface area (Å²) in [5.74, 6) is -1.97. The molecule has 2 aromatic rings. The minimum absolute atomic E-state index is 0.0104. The highest BCUT2D eigenvalue weighted by Gasteiger charge is 2.33. The summed E-state index contributed by atoms with van der Waals surface area (Å²) in [7, 11) is 1.31. The number of methoxy groups -OCH3 is 1. The molecule has 6 heteroatoms. The van der Waals surface area contributed by atoms with Crippen molar-refractivity contribution < 1.29 is 24.2 Å². The summed E-state index contributed by atoms with van der Waals surface area (Å²) < 4.78 is 5.12. The number of ketones is 2. The molecule has 3 rings (SSSR count). The van der Waals surface area contributed by atoms with Gasteiger partial charge in [0.25, 0.3) is 0 Å². The average molecular weight is 323 g/mol. The van der Waals surface area contributed by atoms with Gasteiger partial charge in [0.2, 0.25) is 11.6 Å². The van der Waals surface area contributed by atoms with Crippen molar-refractivity contribution in [3.63, 3.8) is 0 Å². The molecule has 2 aromatic carbocycles. The van der Waals surface area contributed by atoms with E-state index in [0.29, 0.717) is 5.69 Å². The van der Waals surface area contributed by atoms with E-state index in [1.165, 1.54) is 19.2 Å². The van der Waals surface area contributed by atoms with Crippen LogP contribution in [0.5, 0.6) is 0 Å². The van der Waals surface area contributed by atoms with E-state index in [1.54, 1.807) is 36.4 Å². The molecule has 0 bridgehead atoms. The van der Waals surface area contributed by atoms with Gasteiger partial charge in [-0.15, -0.1) is 0 Å². The van der Waals surface area contributed by atoms with Gasteiger partial charge >= 0.3 is 5.97 Å². The normalized spacial score (nSPS) is 13.5. The quantitative estimate of drug-likeness (QED) is 0.899. The van der Waals surface area contributed by atoms with Gasteiger partial charge in [0.15, 0.2) is 5.76 Å². The van der Waals surface area contributed by atoms with Crippen LogP contribution in [0.1, 0.15) is 31.1 Å². The molecule has 1 aliphatic rings. The number of ether oxygens (including phenoxy) is 1. The van der Waals surface area contributed by atoms with Crippen molar-refractivity contribution in [2.75, 3.05) is 12.4 Å². The van der Waals surface area contributed by atoms with Crippen LogP contribution in [0.25, 0.3) is 0 Å². The molecule has 0 fully saturated rings. The molecule has 0 atom stereocenters. The second-order valence-electron chi connectivity index (χ2n) is 5.12. The Balaban J connectivity index is 2.06. The molecule has 1 aliphatic carbocycles. The molecule has 0 spiro atoms. The fourth-order valence-corrected chi connectivity index (χ4v) is 2.54. The Kier molecular flexibility index (Phi) is 3.87. The first kappa shape index (κ1) is 15.5. The number of hydrogen-bond acceptors (Lipinski definition) is 5. The standard InChI is InChI=1S/C18H13NO5/c1-24-17-14(19-11-6-4-5-10(9-11)18(22)23)15(20)12-7-2-3-8-13(12)16(17)21/h2-9,19H,1H3,(H,22,23). The Morgan fingerprint density at radius 2 is 1.67 bits per heavy atom. The van der Waals surface area contributed by atoms with E-state index < -0.39 is 11.8 Å². The molecule has 120 valence electrons. The lowest BCUT2D eigenvalue weighted by molar-refractivity contribution is 0.0696. The number of rotatable bonds is 4. The fraction of sp³-hybridized carbons (Fsp3) is 0.0556. The van der Waals surface area contributed by atoms with E-state index in [-0.39, 0.29) is 33.9 Å². The van der Waals surface area contributed by atoms with Gasteiger partial charge in [0.05, 0.1) is 12.7 Å². The minimum Gasteiger partial charge on any atom is -0.491 e. The minimum atomic E-state index is -1.09. The van der Waals surface area contributed by atoms with Crippen LogP contribution < -0.4 is 5.32 Å². The summed E-state index contributed by atoms with van der Waals surface area (Å²) in [5, 5.41) is 11.9. The van der Waals surface area contributed by atoms with Crippen LogP contribution in [0.3, 0.4) is 0 Å². The number of anilines is 1.